The van der Waals surface area contributed by atoms with Crippen LogP contribution in [0.3, 0.4) is 0 Å². The van der Waals surface area contributed by atoms with Gasteiger partial charge in [-0.1, -0.05) is 18.2 Å². The molecule has 0 bridgehead atoms. The fraction of sp³-hybridized carbons (Fsp3) is 0.250. The van der Waals surface area contributed by atoms with Crippen molar-refractivity contribution in [2.45, 2.75) is 13.3 Å². The lowest BCUT2D eigenvalue weighted by atomic mass is 10.2. The molecular weight excluding hydrogens is 374 g/mol. The molecule has 0 unspecified atom stereocenters. The maximum Gasteiger partial charge on any atom is 0.186 e. The summed E-state index contributed by atoms with van der Waals surface area (Å²) >= 11 is 5.23. The third-order valence-electron chi connectivity index (χ3n) is 3.84. The number of aromatic nitrogens is 2. The molecule has 0 radical (unpaired) electrons. The summed E-state index contributed by atoms with van der Waals surface area (Å²) < 4.78 is 12.6. The Hall–Kier alpha value is -2.97. The van der Waals surface area contributed by atoms with Gasteiger partial charge in [-0.05, 0) is 49.8 Å². The minimum Gasteiger partial charge on any atom is -0.463 e. The number of hydrazone groups is 1. The first-order chi connectivity index (χ1) is 13.8. The van der Waals surface area contributed by atoms with Crippen molar-refractivity contribution in [1.29, 1.82) is 0 Å². The Morgan fingerprint density at radius 2 is 2.14 bits per heavy atom. The molecule has 8 heteroatoms. The summed E-state index contributed by atoms with van der Waals surface area (Å²) in [5.41, 5.74) is 5.29. The van der Waals surface area contributed by atoms with Crippen LogP contribution in [0.2, 0.25) is 0 Å². The largest absolute Gasteiger partial charge is 0.463 e. The average molecular weight is 398 g/mol. The third-order valence-corrected chi connectivity index (χ3v) is 4.08. The van der Waals surface area contributed by atoms with E-state index in [0.29, 0.717) is 23.2 Å². The minimum absolute atomic E-state index is 0.461. The molecule has 0 spiro atoms. The number of nitrogens with one attached hydrogen (secondary N) is 2. The molecule has 1 aromatic carbocycles. The summed E-state index contributed by atoms with van der Waals surface area (Å²) in [5.74, 6) is 0.674. The molecule has 3 aromatic rings. The van der Waals surface area contributed by atoms with Crippen LogP contribution >= 0.6 is 12.2 Å². The highest BCUT2D eigenvalue weighted by atomic mass is 32.1. The van der Waals surface area contributed by atoms with Gasteiger partial charge in [0.15, 0.2) is 10.9 Å². The number of hydrogen-bond donors (Lipinski definition) is 2. The highest BCUT2D eigenvalue weighted by Gasteiger charge is 2.13. The molecule has 0 aliphatic rings. The fourth-order valence-corrected chi connectivity index (χ4v) is 2.67. The zero-order valence-electron chi connectivity index (χ0n) is 15.7. The van der Waals surface area contributed by atoms with Gasteiger partial charge in [0.1, 0.15) is 5.69 Å². The van der Waals surface area contributed by atoms with Crippen LogP contribution in [0.4, 0.5) is 0 Å². The van der Waals surface area contributed by atoms with E-state index in [2.05, 4.69) is 20.9 Å². The van der Waals surface area contributed by atoms with E-state index in [-0.39, 0.29) is 0 Å². The number of hydrogen-bond acceptors (Lipinski definition) is 5. The van der Waals surface area contributed by atoms with Crippen LogP contribution in [0.5, 0.6) is 0 Å². The van der Waals surface area contributed by atoms with E-state index in [0.717, 1.165) is 30.8 Å². The van der Waals surface area contributed by atoms with Gasteiger partial charge >= 0.3 is 0 Å². The highest BCUT2D eigenvalue weighted by Crippen LogP contribution is 2.22. The van der Waals surface area contributed by atoms with E-state index in [1.165, 1.54) is 0 Å². The summed E-state index contributed by atoms with van der Waals surface area (Å²) in [6, 6.07) is 13.6. The molecule has 0 aliphatic carbocycles. The lowest BCUT2D eigenvalue weighted by molar-refractivity contribution is 0.145. The topological polar surface area (TPSA) is 76.6 Å². The van der Waals surface area contributed by atoms with E-state index in [1.807, 2.05) is 55.6 Å². The number of benzene rings is 1. The summed E-state index contributed by atoms with van der Waals surface area (Å²) in [6.45, 7) is 4.14. The zero-order valence-corrected chi connectivity index (χ0v) is 16.5. The van der Waals surface area contributed by atoms with Crippen molar-refractivity contribution in [3.63, 3.8) is 0 Å². The van der Waals surface area contributed by atoms with Crippen molar-refractivity contribution in [1.82, 2.24) is 20.5 Å². The first-order valence-electron chi connectivity index (χ1n) is 9.11. The van der Waals surface area contributed by atoms with Gasteiger partial charge in [0, 0.05) is 31.5 Å². The molecule has 2 aromatic heterocycles. The first-order valence-corrected chi connectivity index (χ1v) is 9.52. The van der Waals surface area contributed by atoms with Crippen LogP contribution < -0.4 is 10.7 Å². The second-order valence-electron chi connectivity index (χ2n) is 5.87. The SMILES string of the molecule is CCOCCCNC(=S)N/N=C\c1cn(-c2ccccc2)nc1-c1ccco1. The predicted octanol–water partition coefficient (Wildman–Crippen LogP) is 3.36. The van der Waals surface area contributed by atoms with Gasteiger partial charge in [0.2, 0.25) is 0 Å². The minimum atomic E-state index is 0.461. The number of rotatable bonds is 9. The number of nitrogens with zero attached hydrogens (tertiary/aromatic N) is 3. The maximum atomic E-state index is 5.51. The Balaban J connectivity index is 1.66. The van der Waals surface area contributed by atoms with Crippen LogP contribution in [-0.4, -0.2) is 40.9 Å². The molecular formula is C20H23N5O2S. The van der Waals surface area contributed by atoms with Crippen molar-refractivity contribution in [3.05, 3.63) is 60.5 Å². The van der Waals surface area contributed by atoms with E-state index < -0.39 is 0 Å². The Kier molecular flexibility index (Phi) is 7.34. The van der Waals surface area contributed by atoms with Gasteiger partial charge in [-0.15, -0.1) is 0 Å². The molecule has 0 fully saturated rings. The van der Waals surface area contributed by atoms with E-state index >= 15 is 0 Å². The van der Waals surface area contributed by atoms with Gasteiger partial charge in [0.25, 0.3) is 0 Å². The van der Waals surface area contributed by atoms with Gasteiger partial charge in [-0.25, -0.2) is 4.68 Å². The molecule has 7 nitrogen and oxygen atoms in total. The number of thiocarbonyl (C=S) groups is 1. The monoisotopic (exact) mass is 397 g/mol. The Labute approximate surface area is 169 Å². The second-order valence-corrected chi connectivity index (χ2v) is 6.28. The van der Waals surface area contributed by atoms with Crippen LogP contribution in [0, 0.1) is 0 Å². The Bertz CT molecular complexity index is 891. The van der Waals surface area contributed by atoms with Crippen LogP contribution in [0.1, 0.15) is 18.9 Å². The molecule has 146 valence electrons. The molecule has 0 saturated heterocycles. The van der Waals surface area contributed by atoms with E-state index in [9.17, 15) is 0 Å². The van der Waals surface area contributed by atoms with E-state index in [1.54, 1.807) is 17.2 Å². The number of para-hydroxylation sites is 1. The van der Waals surface area contributed by atoms with Gasteiger partial charge in [-0.2, -0.15) is 10.2 Å². The lowest BCUT2D eigenvalue weighted by Crippen LogP contribution is -2.33. The number of ether oxygens (including phenoxy) is 1. The van der Waals surface area contributed by atoms with Crippen molar-refractivity contribution >= 4 is 23.5 Å². The van der Waals surface area contributed by atoms with E-state index in [4.69, 9.17) is 21.4 Å². The van der Waals surface area contributed by atoms with Gasteiger partial charge < -0.3 is 14.5 Å². The van der Waals surface area contributed by atoms with Crippen molar-refractivity contribution in [3.8, 4) is 17.1 Å². The molecule has 3 rings (SSSR count). The normalized spacial score (nSPS) is 11.0. The first kappa shape index (κ1) is 19.8. The molecule has 0 atom stereocenters. The third kappa shape index (κ3) is 5.51. The van der Waals surface area contributed by atoms with Crippen LogP contribution in [-0.2, 0) is 4.74 Å². The van der Waals surface area contributed by atoms with Crippen LogP contribution in [0.25, 0.3) is 17.1 Å². The molecule has 28 heavy (non-hydrogen) atoms. The average Bonchev–Trinajstić information content (AvgIpc) is 3.38. The Morgan fingerprint density at radius 1 is 1.29 bits per heavy atom. The summed E-state index contributed by atoms with van der Waals surface area (Å²) in [4.78, 5) is 0. The summed E-state index contributed by atoms with van der Waals surface area (Å²) in [6.07, 6.45) is 6.08. The number of furan rings is 1. The molecule has 2 heterocycles. The zero-order chi connectivity index (χ0) is 19.6. The van der Waals surface area contributed by atoms with Gasteiger partial charge in [-0.3, -0.25) is 5.43 Å². The van der Waals surface area contributed by atoms with Crippen molar-refractivity contribution in [2.75, 3.05) is 19.8 Å². The molecule has 0 aliphatic heterocycles. The summed E-state index contributed by atoms with van der Waals surface area (Å²) in [7, 11) is 0. The molecule has 0 amide bonds. The highest BCUT2D eigenvalue weighted by molar-refractivity contribution is 7.80. The maximum absolute atomic E-state index is 5.51. The Morgan fingerprint density at radius 3 is 2.89 bits per heavy atom. The van der Waals surface area contributed by atoms with Gasteiger partial charge in [0.05, 0.1) is 18.2 Å². The standard InChI is InChI=1S/C20H23N5O2S/c1-2-26-12-7-11-21-20(28)23-22-14-16-15-25(17-8-4-3-5-9-17)24-19(16)18-10-6-13-27-18/h3-6,8-10,13-15H,2,7,11-12H2,1H3,(H2,21,23,28)/b22-14-. The smallest absolute Gasteiger partial charge is 0.186 e. The van der Waals surface area contributed by atoms with Crippen molar-refractivity contribution in [2.24, 2.45) is 5.10 Å². The predicted molar refractivity (Wildman–Crippen MR) is 114 cm³/mol. The fourth-order valence-electron chi connectivity index (χ4n) is 2.52. The molecule has 2 N–H and O–H groups in total. The van der Waals surface area contributed by atoms with Crippen LogP contribution in [0.15, 0.2) is 64.4 Å². The lowest BCUT2D eigenvalue weighted by Gasteiger charge is -2.06. The molecule has 0 saturated carbocycles. The quantitative estimate of drug-likeness (QED) is 0.250. The van der Waals surface area contributed by atoms with Crippen molar-refractivity contribution < 1.29 is 9.15 Å². The summed E-state index contributed by atoms with van der Waals surface area (Å²) in [5, 5.41) is 12.4. The second kappa shape index (κ2) is 10.4.